The van der Waals surface area contributed by atoms with E-state index < -0.39 is 0 Å². The molecule has 0 saturated carbocycles. The Kier molecular flexibility index (Phi) is 6.64. The molecule has 0 aliphatic heterocycles. The molecule has 0 aliphatic carbocycles. The molecule has 0 bridgehead atoms. The molecule has 2 rings (SSSR count). The summed E-state index contributed by atoms with van der Waals surface area (Å²) in [6, 6.07) is 15.7. The minimum Gasteiger partial charge on any atom is -0.399 e. The maximum Gasteiger partial charge on any atom is 0.252 e. The summed E-state index contributed by atoms with van der Waals surface area (Å²) < 4.78 is 0. The van der Waals surface area contributed by atoms with Crippen LogP contribution in [0, 0.1) is 6.92 Å². The standard InChI is InChI=1S/C19H24N2O.ClH/c1-14-9-10-16(20)13-17(14)18(22)21-19(2,3)12-11-15-7-5-4-6-8-15;/h4-10,13H,11-12,20H2,1-3H3,(H,21,22);1H. The van der Waals surface area contributed by atoms with E-state index in [2.05, 4.69) is 31.3 Å². The lowest BCUT2D eigenvalue weighted by atomic mass is 9.94. The number of hydrogen-bond donors (Lipinski definition) is 2. The van der Waals surface area contributed by atoms with Gasteiger partial charge in [0, 0.05) is 16.8 Å². The Balaban J connectivity index is 0.00000264. The molecular formula is C19H25ClN2O. The predicted molar refractivity (Wildman–Crippen MR) is 99.1 cm³/mol. The van der Waals surface area contributed by atoms with Crippen LogP contribution >= 0.6 is 12.4 Å². The third kappa shape index (κ3) is 5.61. The summed E-state index contributed by atoms with van der Waals surface area (Å²) in [5.41, 5.74) is 8.98. The van der Waals surface area contributed by atoms with E-state index in [4.69, 9.17) is 5.73 Å². The average molecular weight is 333 g/mol. The lowest BCUT2D eigenvalue weighted by Crippen LogP contribution is -2.44. The van der Waals surface area contributed by atoms with Crippen LogP contribution in [0.5, 0.6) is 0 Å². The summed E-state index contributed by atoms with van der Waals surface area (Å²) in [7, 11) is 0. The van der Waals surface area contributed by atoms with Gasteiger partial charge in [-0.2, -0.15) is 0 Å². The molecule has 3 nitrogen and oxygen atoms in total. The third-order valence-corrected chi connectivity index (χ3v) is 3.84. The van der Waals surface area contributed by atoms with Gasteiger partial charge in [-0.15, -0.1) is 12.4 Å². The average Bonchev–Trinajstić information content (AvgIpc) is 2.48. The van der Waals surface area contributed by atoms with Crippen molar-refractivity contribution >= 4 is 24.0 Å². The number of benzene rings is 2. The van der Waals surface area contributed by atoms with Gasteiger partial charge in [-0.1, -0.05) is 36.4 Å². The first-order valence-electron chi connectivity index (χ1n) is 7.60. The van der Waals surface area contributed by atoms with Crippen molar-refractivity contribution in [3.8, 4) is 0 Å². The predicted octanol–water partition coefficient (Wildman–Crippen LogP) is 4.14. The Morgan fingerprint density at radius 2 is 1.78 bits per heavy atom. The Labute approximate surface area is 144 Å². The van der Waals surface area contributed by atoms with Gasteiger partial charge >= 0.3 is 0 Å². The number of nitrogen functional groups attached to an aromatic ring is 1. The second-order valence-electron chi connectivity index (χ2n) is 6.40. The molecule has 124 valence electrons. The van der Waals surface area contributed by atoms with Gasteiger partial charge in [0.2, 0.25) is 0 Å². The van der Waals surface area contributed by atoms with E-state index in [0.29, 0.717) is 11.3 Å². The van der Waals surface area contributed by atoms with Gasteiger partial charge in [-0.25, -0.2) is 0 Å². The summed E-state index contributed by atoms with van der Waals surface area (Å²) in [4.78, 5) is 12.5. The number of rotatable bonds is 5. The van der Waals surface area contributed by atoms with Crippen LogP contribution < -0.4 is 11.1 Å². The van der Waals surface area contributed by atoms with Gasteiger partial charge in [0.1, 0.15) is 0 Å². The number of nitrogens with two attached hydrogens (primary N) is 1. The van der Waals surface area contributed by atoms with Gasteiger partial charge in [-0.3, -0.25) is 4.79 Å². The van der Waals surface area contributed by atoms with Crippen molar-refractivity contribution in [2.75, 3.05) is 5.73 Å². The molecule has 23 heavy (non-hydrogen) atoms. The molecule has 0 saturated heterocycles. The van der Waals surface area contributed by atoms with Gasteiger partial charge in [-0.05, 0) is 56.9 Å². The first-order valence-corrected chi connectivity index (χ1v) is 7.60. The molecule has 0 atom stereocenters. The minimum absolute atomic E-state index is 0. The molecule has 2 aromatic carbocycles. The smallest absolute Gasteiger partial charge is 0.252 e. The number of anilines is 1. The number of nitrogens with one attached hydrogen (secondary N) is 1. The number of hydrogen-bond acceptors (Lipinski definition) is 2. The molecule has 0 fully saturated rings. The minimum atomic E-state index is -0.274. The van der Waals surface area contributed by atoms with Gasteiger partial charge in [0.25, 0.3) is 5.91 Å². The molecule has 2 aromatic rings. The molecule has 0 heterocycles. The zero-order valence-electron chi connectivity index (χ0n) is 13.9. The van der Waals surface area contributed by atoms with Gasteiger partial charge in [0.15, 0.2) is 0 Å². The molecule has 0 aromatic heterocycles. The Bertz CT molecular complexity index is 654. The Morgan fingerprint density at radius 1 is 1.13 bits per heavy atom. The SMILES string of the molecule is Cc1ccc(N)cc1C(=O)NC(C)(C)CCc1ccccc1.Cl. The fraction of sp³-hybridized carbons (Fsp3) is 0.316. The lowest BCUT2D eigenvalue weighted by Gasteiger charge is -2.27. The number of amides is 1. The Morgan fingerprint density at radius 3 is 2.43 bits per heavy atom. The van der Waals surface area contributed by atoms with Crippen LogP contribution in [0.25, 0.3) is 0 Å². The van der Waals surface area contributed by atoms with Crippen LogP contribution in [-0.4, -0.2) is 11.4 Å². The Hall–Kier alpha value is -2.00. The second kappa shape index (κ2) is 8.02. The maximum absolute atomic E-state index is 12.5. The van der Waals surface area contributed by atoms with Crippen molar-refractivity contribution in [3.05, 3.63) is 65.2 Å². The highest BCUT2D eigenvalue weighted by Gasteiger charge is 2.22. The molecule has 0 radical (unpaired) electrons. The van der Waals surface area contributed by atoms with Gasteiger partial charge in [0.05, 0.1) is 0 Å². The first kappa shape index (κ1) is 19.0. The molecule has 0 unspecified atom stereocenters. The first-order chi connectivity index (χ1) is 10.4. The van der Waals surface area contributed by atoms with Crippen molar-refractivity contribution in [1.82, 2.24) is 5.32 Å². The number of halogens is 1. The fourth-order valence-corrected chi connectivity index (χ4v) is 2.42. The van der Waals surface area contributed by atoms with E-state index in [1.165, 1.54) is 5.56 Å². The molecule has 0 aliphatic rings. The van der Waals surface area contributed by atoms with E-state index >= 15 is 0 Å². The van der Waals surface area contributed by atoms with E-state index in [1.54, 1.807) is 6.07 Å². The summed E-state index contributed by atoms with van der Waals surface area (Å²) in [6.07, 6.45) is 1.81. The van der Waals surface area contributed by atoms with E-state index in [1.807, 2.05) is 37.3 Å². The molecule has 0 spiro atoms. The van der Waals surface area contributed by atoms with Crippen LogP contribution in [0.3, 0.4) is 0 Å². The second-order valence-corrected chi connectivity index (χ2v) is 6.40. The normalized spacial score (nSPS) is 10.7. The largest absolute Gasteiger partial charge is 0.399 e. The van der Waals surface area contributed by atoms with Crippen molar-refractivity contribution in [2.45, 2.75) is 39.2 Å². The third-order valence-electron chi connectivity index (χ3n) is 3.84. The highest BCUT2D eigenvalue weighted by molar-refractivity contribution is 5.96. The fourth-order valence-electron chi connectivity index (χ4n) is 2.42. The quantitative estimate of drug-likeness (QED) is 0.808. The van der Waals surface area contributed by atoms with Crippen molar-refractivity contribution in [2.24, 2.45) is 0 Å². The van der Waals surface area contributed by atoms with Crippen LogP contribution in [0.2, 0.25) is 0 Å². The van der Waals surface area contributed by atoms with Crippen LogP contribution in [0.15, 0.2) is 48.5 Å². The number of carbonyl (C=O) groups is 1. The number of carbonyl (C=O) groups excluding carboxylic acids is 1. The highest BCUT2D eigenvalue weighted by atomic mass is 35.5. The van der Waals surface area contributed by atoms with Crippen LogP contribution in [0.1, 0.15) is 41.8 Å². The van der Waals surface area contributed by atoms with Crippen molar-refractivity contribution < 1.29 is 4.79 Å². The van der Waals surface area contributed by atoms with E-state index in [9.17, 15) is 4.79 Å². The zero-order chi connectivity index (χ0) is 16.2. The lowest BCUT2D eigenvalue weighted by molar-refractivity contribution is 0.0909. The number of aryl methyl sites for hydroxylation is 2. The summed E-state index contributed by atoms with van der Waals surface area (Å²) in [6.45, 7) is 6.02. The monoisotopic (exact) mass is 332 g/mol. The summed E-state index contributed by atoms with van der Waals surface area (Å²) in [5.74, 6) is -0.0668. The van der Waals surface area contributed by atoms with Crippen molar-refractivity contribution in [1.29, 1.82) is 0 Å². The molecule has 3 N–H and O–H groups in total. The zero-order valence-corrected chi connectivity index (χ0v) is 14.7. The van der Waals surface area contributed by atoms with Crippen LogP contribution in [-0.2, 0) is 6.42 Å². The molecule has 4 heteroatoms. The maximum atomic E-state index is 12.5. The van der Waals surface area contributed by atoms with Gasteiger partial charge < -0.3 is 11.1 Å². The van der Waals surface area contributed by atoms with E-state index in [0.717, 1.165) is 18.4 Å². The summed E-state index contributed by atoms with van der Waals surface area (Å²) >= 11 is 0. The topological polar surface area (TPSA) is 55.1 Å². The highest BCUT2D eigenvalue weighted by Crippen LogP contribution is 2.17. The molecular weight excluding hydrogens is 308 g/mol. The summed E-state index contributed by atoms with van der Waals surface area (Å²) in [5, 5.41) is 3.12. The van der Waals surface area contributed by atoms with Crippen LogP contribution in [0.4, 0.5) is 5.69 Å². The molecule has 1 amide bonds. The van der Waals surface area contributed by atoms with E-state index in [-0.39, 0.29) is 23.9 Å². The van der Waals surface area contributed by atoms with Crippen molar-refractivity contribution in [3.63, 3.8) is 0 Å².